The smallest absolute Gasteiger partial charge is 0.271 e. The number of aromatic nitrogens is 3. The average molecular weight is 540 g/mol. The Bertz CT molecular complexity index is 1470. The van der Waals surface area contributed by atoms with Gasteiger partial charge in [0.15, 0.2) is 5.69 Å². The third-order valence-corrected chi connectivity index (χ3v) is 6.38. The van der Waals surface area contributed by atoms with Gasteiger partial charge in [0.2, 0.25) is 0 Å². The number of rotatable bonds is 7. The maximum absolute atomic E-state index is 14.4. The van der Waals surface area contributed by atoms with E-state index >= 15 is 0 Å². The second-order valence-electron chi connectivity index (χ2n) is 8.38. The molecule has 0 spiro atoms. The number of benzene rings is 2. The molecule has 0 bridgehead atoms. The molecule has 37 heavy (non-hydrogen) atoms. The number of amides is 2. The van der Waals surface area contributed by atoms with Crippen LogP contribution in [0.15, 0.2) is 66.9 Å². The number of anilines is 1. The number of pyridine rings is 1. The lowest BCUT2D eigenvalue weighted by Crippen LogP contribution is -2.39. The van der Waals surface area contributed by atoms with E-state index in [4.69, 9.17) is 27.9 Å². The van der Waals surface area contributed by atoms with E-state index < -0.39 is 11.7 Å². The number of para-hydroxylation sites is 1. The topological polar surface area (TPSA) is 98.1 Å². The minimum absolute atomic E-state index is 0.0108. The zero-order valence-electron chi connectivity index (χ0n) is 19.2. The second kappa shape index (κ2) is 10.7. The fraction of sp³-hybridized carbons (Fsp3) is 0.154. The van der Waals surface area contributed by atoms with Gasteiger partial charge in [0, 0.05) is 30.3 Å². The van der Waals surface area contributed by atoms with Gasteiger partial charge in [0.25, 0.3) is 11.8 Å². The van der Waals surface area contributed by atoms with Gasteiger partial charge in [-0.15, -0.1) is 0 Å². The van der Waals surface area contributed by atoms with E-state index in [9.17, 15) is 14.0 Å². The maximum Gasteiger partial charge on any atom is 0.271 e. The lowest BCUT2D eigenvalue weighted by molar-refractivity contribution is -0.0299. The molecule has 4 aromatic rings. The Morgan fingerprint density at radius 2 is 1.81 bits per heavy atom. The van der Waals surface area contributed by atoms with E-state index in [1.807, 2.05) is 18.2 Å². The van der Waals surface area contributed by atoms with Crippen molar-refractivity contribution in [2.75, 3.05) is 25.1 Å². The summed E-state index contributed by atoms with van der Waals surface area (Å²) in [4.78, 5) is 30.1. The minimum atomic E-state index is -0.602. The Kier molecular flexibility index (Phi) is 7.18. The summed E-state index contributed by atoms with van der Waals surface area (Å²) in [5, 5.41) is 10.2. The molecule has 0 radical (unpaired) electrons. The van der Waals surface area contributed by atoms with Crippen LogP contribution in [0.5, 0.6) is 0 Å². The minimum Gasteiger partial charge on any atom is -0.381 e. The molecule has 8 nitrogen and oxygen atoms in total. The molecular weight excluding hydrogens is 520 g/mol. The highest BCUT2D eigenvalue weighted by Crippen LogP contribution is 2.33. The third kappa shape index (κ3) is 5.34. The van der Waals surface area contributed by atoms with Crippen molar-refractivity contribution in [1.82, 2.24) is 20.1 Å². The van der Waals surface area contributed by atoms with Crippen LogP contribution >= 0.6 is 23.2 Å². The molecule has 1 fully saturated rings. The van der Waals surface area contributed by atoms with Gasteiger partial charge in [-0.25, -0.2) is 9.07 Å². The largest absolute Gasteiger partial charge is 0.381 e. The van der Waals surface area contributed by atoms with Gasteiger partial charge in [-0.3, -0.25) is 14.6 Å². The molecular formula is C26H20Cl2FN5O3. The molecule has 1 aliphatic rings. The van der Waals surface area contributed by atoms with Crippen molar-refractivity contribution in [3.63, 3.8) is 0 Å². The summed E-state index contributed by atoms with van der Waals surface area (Å²) < 4.78 is 21.0. The van der Waals surface area contributed by atoms with E-state index in [0.717, 1.165) is 0 Å². The van der Waals surface area contributed by atoms with Crippen LogP contribution in [0.2, 0.25) is 10.0 Å². The van der Waals surface area contributed by atoms with Gasteiger partial charge in [0.05, 0.1) is 34.5 Å². The average Bonchev–Trinajstić information content (AvgIpc) is 3.28. The van der Waals surface area contributed by atoms with E-state index in [0.29, 0.717) is 25.4 Å². The highest BCUT2D eigenvalue weighted by Gasteiger charge is 2.23. The van der Waals surface area contributed by atoms with E-state index in [1.54, 1.807) is 12.1 Å². The van der Waals surface area contributed by atoms with Crippen molar-refractivity contribution in [3.8, 4) is 16.9 Å². The first-order chi connectivity index (χ1) is 17.9. The van der Waals surface area contributed by atoms with Gasteiger partial charge in [-0.2, -0.15) is 5.10 Å². The highest BCUT2D eigenvalue weighted by molar-refractivity contribution is 6.38. The predicted molar refractivity (Wildman–Crippen MR) is 138 cm³/mol. The van der Waals surface area contributed by atoms with Crippen molar-refractivity contribution < 1.29 is 18.7 Å². The molecule has 5 rings (SSSR count). The molecule has 0 saturated carbocycles. The Balaban J connectivity index is 1.46. The number of nitrogens with one attached hydrogen (secondary N) is 2. The number of ether oxygens (including phenoxy) is 1. The van der Waals surface area contributed by atoms with Crippen LogP contribution in [0.3, 0.4) is 0 Å². The Morgan fingerprint density at radius 3 is 2.51 bits per heavy atom. The summed E-state index contributed by atoms with van der Waals surface area (Å²) in [6.07, 6.45) is 1.42. The number of carbonyl (C=O) groups excluding carboxylic acids is 2. The van der Waals surface area contributed by atoms with Gasteiger partial charge < -0.3 is 15.4 Å². The fourth-order valence-electron chi connectivity index (χ4n) is 3.75. The standard InChI is InChI=1S/C26H20Cl2FN5O3/c27-19-10-20(28)18(9-17(19)24-21(29)7-4-8-30-24)25(35)32-23-11-22(26(36)31-12-15-13-37-14-15)33-34(23)16-5-2-1-3-6-16/h1-11,15H,12-14H2,(H,31,36)(H,32,35). The van der Waals surface area contributed by atoms with Crippen molar-refractivity contribution >= 4 is 40.8 Å². The van der Waals surface area contributed by atoms with Crippen LogP contribution in [0.1, 0.15) is 20.8 Å². The highest BCUT2D eigenvalue weighted by atomic mass is 35.5. The SMILES string of the molecule is O=C(NCC1COC1)c1cc(NC(=O)c2cc(-c3ncccc3F)c(Cl)cc2Cl)n(-c2ccccc2)n1. The van der Waals surface area contributed by atoms with Crippen molar-refractivity contribution in [3.05, 3.63) is 94.0 Å². The van der Waals surface area contributed by atoms with Crippen LogP contribution < -0.4 is 10.6 Å². The van der Waals surface area contributed by atoms with Gasteiger partial charge in [-0.05, 0) is 36.4 Å². The quantitative estimate of drug-likeness (QED) is 0.344. The summed E-state index contributed by atoms with van der Waals surface area (Å²) in [5.74, 6) is -1.07. The lowest BCUT2D eigenvalue weighted by atomic mass is 10.1. The lowest BCUT2D eigenvalue weighted by Gasteiger charge is -2.25. The molecule has 2 aromatic heterocycles. The van der Waals surface area contributed by atoms with Crippen molar-refractivity contribution in [2.24, 2.45) is 5.92 Å². The second-order valence-corrected chi connectivity index (χ2v) is 9.19. The maximum atomic E-state index is 14.4. The molecule has 11 heteroatoms. The number of hydrogen-bond donors (Lipinski definition) is 2. The molecule has 1 aliphatic heterocycles. The molecule has 3 heterocycles. The van der Waals surface area contributed by atoms with Crippen LogP contribution in [-0.2, 0) is 4.74 Å². The summed E-state index contributed by atoms with van der Waals surface area (Å²) in [6.45, 7) is 1.67. The molecule has 1 saturated heterocycles. The van der Waals surface area contributed by atoms with E-state index in [2.05, 4.69) is 20.7 Å². The van der Waals surface area contributed by atoms with Gasteiger partial charge in [0.1, 0.15) is 17.3 Å². The summed E-state index contributed by atoms with van der Waals surface area (Å²) >= 11 is 12.6. The number of carbonyl (C=O) groups is 2. The predicted octanol–water partition coefficient (Wildman–Crippen LogP) is 5.01. The zero-order chi connectivity index (χ0) is 25.9. The molecule has 0 aliphatic carbocycles. The van der Waals surface area contributed by atoms with Gasteiger partial charge >= 0.3 is 0 Å². The monoisotopic (exact) mass is 539 g/mol. The number of nitrogens with zero attached hydrogens (tertiary/aromatic N) is 3. The summed E-state index contributed by atoms with van der Waals surface area (Å²) in [5.41, 5.74) is 0.998. The molecule has 0 atom stereocenters. The van der Waals surface area contributed by atoms with Crippen LogP contribution in [0.4, 0.5) is 10.2 Å². The number of hydrogen-bond acceptors (Lipinski definition) is 5. The molecule has 2 aromatic carbocycles. The first kappa shape index (κ1) is 24.9. The normalized spacial score (nSPS) is 13.2. The van der Waals surface area contributed by atoms with Crippen LogP contribution in [-0.4, -0.2) is 46.3 Å². The molecule has 2 N–H and O–H groups in total. The Labute approximate surface area is 221 Å². The third-order valence-electron chi connectivity index (χ3n) is 5.76. The molecule has 0 unspecified atom stereocenters. The van der Waals surface area contributed by atoms with Crippen LogP contribution in [0, 0.1) is 11.7 Å². The van der Waals surface area contributed by atoms with E-state index in [-0.39, 0.29) is 50.2 Å². The summed E-state index contributed by atoms with van der Waals surface area (Å²) in [7, 11) is 0. The fourth-order valence-corrected chi connectivity index (χ4v) is 4.31. The summed E-state index contributed by atoms with van der Waals surface area (Å²) in [6, 6.07) is 15.9. The van der Waals surface area contributed by atoms with Crippen molar-refractivity contribution in [2.45, 2.75) is 0 Å². The Morgan fingerprint density at radius 1 is 1.03 bits per heavy atom. The Hall–Kier alpha value is -3.79. The first-order valence-electron chi connectivity index (χ1n) is 11.3. The van der Waals surface area contributed by atoms with Crippen LogP contribution in [0.25, 0.3) is 16.9 Å². The number of halogens is 3. The van der Waals surface area contributed by atoms with Gasteiger partial charge in [-0.1, -0.05) is 41.4 Å². The molecule has 188 valence electrons. The van der Waals surface area contributed by atoms with Crippen molar-refractivity contribution in [1.29, 1.82) is 0 Å². The van der Waals surface area contributed by atoms with E-state index in [1.165, 1.54) is 41.2 Å². The molecule has 2 amide bonds. The zero-order valence-corrected chi connectivity index (χ0v) is 20.8. The first-order valence-corrected chi connectivity index (χ1v) is 12.1.